The maximum absolute atomic E-state index is 12.6. The summed E-state index contributed by atoms with van der Waals surface area (Å²) in [7, 11) is 1.36. The zero-order chi connectivity index (χ0) is 11.4. The number of hydrogen-bond acceptors (Lipinski definition) is 3. The number of hydrogen-bond donors (Lipinski definition) is 0. The molecule has 0 aromatic carbocycles. The molecule has 0 radical (unpaired) electrons. The molecule has 15 heavy (non-hydrogen) atoms. The van der Waals surface area contributed by atoms with Crippen LogP contribution in [0.1, 0.15) is 23.2 Å². The van der Waals surface area contributed by atoms with Crippen LogP contribution < -0.4 is 4.74 Å². The number of alkyl halides is 2. The standard InChI is InChI=1S/C10H10F2N2O/c1-6-5-8(15-2)14-9(10(11)12)7(6)3-4-13/h5,10H,3H2,1-2H3. The van der Waals surface area contributed by atoms with Gasteiger partial charge in [-0.1, -0.05) is 0 Å². The molecule has 0 fully saturated rings. The van der Waals surface area contributed by atoms with Crippen molar-refractivity contribution >= 4 is 0 Å². The average molecular weight is 212 g/mol. The molecular formula is C10H10F2N2O. The van der Waals surface area contributed by atoms with Crippen LogP contribution in [0.3, 0.4) is 0 Å². The van der Waals surface area contributed by atoms with E-state index in [-0.39, 0.29) is 23.6 Å². The molecule has 5 heteroatoms. The summed E-state index contributed by atoms with van der Waals surface area (Å²) in [5.74, 6) is 0.143. The second-order valence-electron chi connectivity index (χ2n) is 2.98. The van der Waals surface area contributed by atoms with Gasteiger partial charge in [-0.05, 0) is 18.1 Å². The van der Waals surface area contributed by atoms with Gasteiger partial charge in [0, 0.05) is 6.07 Å². The summed E-state index contributed by atoms with van der Waals surface area (Å²) >= 11 is 0. The summed E-state index contributed by atoms with van der Waals surface area (Å²) in [4.78, 5) is 3.65. The van der Waals surface area contributed by atoms with Gasteiger partial charge in [0.1, 0.15) is 5.69 Å². The van der Waals surface area contributed by atoms with Crippen molar-refractivity contribution in [3.8, 4) is 11.9 Å². The largest absolute Gasteiger partial charge is 0.481 e. The van der Waals surface area contributed by atoms with E-state index in [0.29, 0.717) is 5.56 Å². The first-order valence-electron chi connectivity index (χ1n) is 4.29. The van der Waals surface area contributed by atoms with E-state index in [1.54, 1.807) is 13.0 Å². The van der Waals surface area contributed by atoms with Crippen molar-refractivity contribution in [2.45, 2.75) is 19.8 Å². The summed E-state index contributed by atoms with van der Waals surface area (Å²) in [6.45, 7) is 1.66. The predicted molar refractivity (Wildman–Crippen MR) is 49.8 cm³/mol. The Morgan fingerprint density at radius 1 is 1.60 bits per heavy atom. The molecule has 80 valence electrons. The van der Waals surface area contributed by atoms with Gasteiger partial charge in [-0.3, -0.25) is 0 Å². The zero-order valence-corrected chi connectivity index (χ0v) is 8.42. The number of aryl methyl sites for hydroxylation is 1. The first-order chi connectivity index (χ1) is 7.10. The maximum Gasteiger partial charge on any atom is 0.280 e. The lowest BCUT2D eigenvalue weighted by Crippen LogP contribution is -2.03. The topological polar surface area (TPSA) is 45.9 Å². The van der Waals surface area contributed by atoms with Gasteiger partial charge < -0.3 is 4.74 Å². The number of methoxy groups -OCH3 is 1. The molecule has 0 unspecified atom stereocenters. The van der Waals surface area contributed by atoms with Gasteiger partial charge in [0.25, 0.3) is 6.43 Å². The molecule has 0 bridgehead atoms. The summed E-state index contributed by atoms with van der Waals surface area (Å²) < 4.78 is 30.0. The molecular weight excluding hydrogens is 202 g/mol. The van der Waals surface area contributed by atoms with Crippen molar-refractivity contribution in [1.29, 1.82) is 5.26 Å². The number of ether oxygens (including phenoxy) is 1. The molecule has 0 saturated heterocycles. The quantitative estimate of drug-likeness (QED) is 0.772. The van der Waals surface area contributed by atoms with Gasteiger partial charge in [0.15, 0.2) is 0 Å². The maximum atomic E-state index is 12.6. The van der Waals surface area contributed by atoms with E-state index in [2.05, 4.69) is 4.98 Å². The fourth-order valence-electron chi connectivity index (χ4n) is 1.29. The van der Waals surface area contributed by atoms with Crippen LogP contribution in [0.2, 0.25) is 0 Å². The predicted octanol–water partition coefficient (Wildman–Crippen LogP) is 2.40. The molecule has 0 atom stereocenters. The lowest BCUT2D eigenvalue weighted by atomic mass is 10.1. The van der Waals surface area contributed by atoms with Crippen molar-refractivity contribution in [2.75, 3.05) is 7.11 Å². The van der Waals surface area contributed by atoms with E-state index in [1.165, 1.54) is 7.11 Å². The van der Waals surface area contributed by atoms with E-state index in [9.17, 15) is 8.78 Å². The smallest absolute Gasteiger partial charge is 0.280 e. The van der Waals surface area contributed by atoms with Crippen LogP contribution in [0.5, 0.6) is 5.88 Å². The molecule has 0 aliphatic rings. The first kappa shape index (κ1) is 11.4. The van der Waals surface area contributed by atoms with Crippen LogP contribution in [0.15, 0.2) is 6.07 Å². The molecule has 1 aromatic rings. The third-order valence-corrected chi connectivity index (χ3v) is 2.03. The van der Waals surface area contributed by atoms with E-state index < -0.39 is 6.43 Å². The number of pyridine rings is 1. The highest BCUT2D eigenvalue weighted by Gasteiger charge is 2.18. The summed E-state index contributed by atoms with van der Waals surface area (Å²) in [5, 5.41) is 8.52. The molecule has 0 aliphatic heterocycles. The highest BCUT2D eigenvalue weighted by atomic mass is 19.3. The van der Waals surface area contributed by atoms with Gasteiger partial charge >= 0.3 is 0 Å². The molecule has 1 aromatic heterocycles. The molecule has 0 saturated carbocycles. The Morgan fingerprint density at radius 3 is 2.73 bits per heavy atom. The van der Waals surface area contributed by atoms with Crippen LogP contribution in [0.25, 0.3) is 0 Å². The highest BCUT2D eigenvalue weighted by molar-refractivity contribution is 5.36. The third kappa shape index (κ3) is 2.40. The Labute approximate surface area is 86.3 Å². The Hall–Kier alpha value is -1.70. The molecule has 0 N–H and O–H groups in total. The minimum absolute atomic E-state index is 0.0670. The summed E-state index contributed by atoms with van der Waals surface area (Å²) in [6, 6.07) is 3.38. The second-order valence-corrected chi connectivity index (χ2v) is 2.98. The number of nitrogens with zero attached hydrogens (tertiary/aromatic N) is 2. The number of halogens is 2. The Kier molecular flexibility index (Phi) is 3.56. The van der Waals surface area contributed by atoms with Crippen molar-refractivity contribution < 1.29 is 13.5 Å². The minimum atomic E-state index is -2.69. The zero-order valence-electron chi connectivity index (χ0n) is 8.42. The van der Waals surface area contributed by atoms with E-state index in [4.69, 9.17) is 10.00 Å². The van der Waals surface area contributed by atoms with Crippen LogP contribution in [0, 0.1) is 18.3 Å². The Balaban J connectivity index is 3.30. The fourth-order valence-corrected chi connectivity index (χ4v) is 1.29. The molecule has 0 aliphatic carbocycles. The van der Waals surface area contributed by atoms with Crippen LogP contribution in [-0.2, 0) is 6.42 Å². The highest BCUT2D eigenvalue weighted by Crippen LogP contribution is 2.26. The molecule has 3 nitrogen and oxygen atoms in total. The normalized spacial score (nSPS) is 10.1. The minimum Gasteiger partial charge on any atom is -0.481 e. The van der Waals surface area contributed by atoms with E-state index in [0.717, 1.165) is 0 Å². The lowest BCUT2D eigenvalue weighted by Gasteiger charge is -2.10. The van der Waals surface area contributed by atoms with Gasteiger partial charge in [-0.25, -0.2) is 13.8 Å². The van der Waals surface area contributed by atoms with E-state index >= 15 is 0 Å². The second kappa shape index (κ2) is 4.69. The third-order valence-electron chi connectivity index (χ3n) is 2.03. The Bertz CT molecular complexity index is 399. The summed E-state index contributed by atoms with van der Waals surface area (Å²) in [5.41, 5.74) is 0.514. The van der Waals surface area contributed by atoms with Crippen molar-refractivity contribution in [3.63, 3.8) is 0 Å². The van der Waals surface area contributed by atoms with Crippen LogP contribution >= 0.6 is 0 Å². The van der Waals surface area contributed by atoms with E-state index in [1.807, 2.05) is 6.07 Å². The molecule has 0 amide bonds. The number of rotatable bonds is 3. The van der Waals surface area contributed by atoms with Crippen LogP contribution in [0.4, 0.5) is 8.78 Å². The molecule has 1 rings (SSSR count). The van der Waals surface area contributed by atoms with Crippen molar-refractivity contribution in [2.24, 2.45) is 0 Å². The van der Waals surface area contributed by atoms with Gasteiger partial charge in [0.05, 0.1) is 19.6 Å². The molecule has 0 spiro atoms. The fraction of sp³-hybridized carbons (Fsp3) is 0.400. The van der Waals surface area contributed by atoms with Gasteiger partial charge in [-0.15, -0.1) is 0 Å². The molecule has 1 heterocycles. The Morgan fingerprint density at radius 2 is 2.27 bits per heavy atom. The van der Waals surface area contributed by atoms with Gasteiger partial charge in [-0.2, -0.15) is 5.26 Å². The van der Waals surface area contributed by atoms with Crippen molar-refractivity contribution in [3.05, 3.63) is 22.9 Å². The van der Waals surface area contributed by atoms with Crippen LogP contribution in [-0.4, -0.2) is 12.1 Å². The van der Waals surface area contributed by atoms with Crippen molar-refractivity contribution in [1.82, 2.24) is 4.98 Å². The first-order valence-corrected chi connectivity index (χ1v) is 4.29. The number of aromatic nitrogens is 1. The van der Waals surface area contributed by atoms with Gasteiger partial charge in [0.2, 0.25) is 5.88 Å². The monoisotopic (exact) mass is 212 g/mol. The average Bonchev–Trinajstić information content (AvgIpc) is 2.20. The number of nitriles is 1. The lowest BCUT2D eigenvalue weighted by molar-refractivity contribution is 0.144. The summed E-state index contributed by atoms with van der Waals surface area (Å²) in [6.07, 6.45) is -2.76. The SMILES string of the molecule is COc1cc(C)c(CC#N)c(C(F)F)n1.